The number of ether oxygens (including phenoxy) is 3. The lowest BCUT2D eigenvalue weighted by atomic mass is 10.1. The molecule has 0 saturated carbocycles. The van der Waals surface area contributed by atoms with Crippen molar-refractivity contribution >= 4 is 25.7 Å². The second kappa shape index (κ2) is 44.0. The Balaban J connectivity index is 4.61. The minimum atomic E-state index is -4.07. The van der Waals surface area contributed by atoms with Crippen molar-refractivity contribution in [2.24, 2.45) is 5.73 Å². The number of allylic oxidation sites excluding steroid dienone is 4. The van der Waals surface area contributed by atoms with E-state index < -0.39 is 25.9 Å². The van der Waals surface area contributed by atoms with E-state index in [1.165, 1.54) is 97.0 Å². The molecule has 0 fully saturated rings. The predicted molar refractivity (Wildman–Crippen MR) is 239 cm³/mol. The zero-order valence-electron chi connectivity index (χ0n) is 37.7. The largest absolute Gasteiger partial charge is 0.474 e. The van der Waals surface area contributed by atoms with Crippen LogP contribution in [0.25, 0.3) is 0 Å². The van der Waals surface area contributed by atoms with Gasteiger partial charge >= 0.3 is 19.8 Å². The van der Waals surface area contributed by atoms with E-state index >= 15 is 0 Å². The fraction of sp³-hybridized carbons (Fsp3) is 0.848. The SMILES string of the molecule is CCCCCCCC/C=C\CCCCCCCC(=O)OCC(COP(=O)(OC)OCCNC(=O)COCCN)OC(=O)CCCCCCC/C=C\CCCCCCCC. The van der Waals surface area contributed by atoms with Crippen molar-refractivity contribution in [2.45, 2.75) is 200 Å². The zero-order chi connectivity index (χ0) is 43.3. The topological polar surface area (TPSA) is 162 Å². The lowest BCUT2D eigenvalue weighted by molar-refractivity contribution is -0.161. The second-order valence-electron chi connectivity index (χ2n) is 15.4. The van der Waals surface area contributed by atoms with Crippen LogP contribution in [0.5, 0.6) is 0 Å². The molecule has 0 aliphatic rings. The fourth-order valence-electron chi connectivity index (χ4n) is 6.26. The summed E-state index contributed by atoms with van der Waals surface area (Å²) in [5.41, 5.74) is 5.35. The zero-order valence-corrected chi connectivity index (χ0v) is 38.6. The van der Waals surface area contributed by atoms with E-state index in [2.05, 4.69) is 43.5 Å². The van der Waals surface area contributed by atoms with Gasteiger partial charge in [0, 0.05) is 33.0 Å². The van der Waals surface area contributed by atoms with E-state index in [0.717, 1.165) is 64.2 Å². The molecule has 2 atom stereocenters. The maximum atomic E-state index is 13.1. The number of nitrogens with one attached hydrogen (secondary N) is 1. The molecule has 0 aromatic rings. The van der Waals surface area contributed by atoms with Crippen LogP contribution in [0.3, 0.4) is 0 Å². The molecule has 0 bridgehead atoms. The van der Waals surface area contributed by atoms with E-state index in [1.807, 2.05) is 0 Å². The average molecular weight is 859 g/mol. The monoisotopic (exact) mass is 859 g/mol. The van der Waals surface area contributed by atoms with Gasteiger partial charge < -0.3 is 25.3 Å². The summed E-state index contributed by atoms with van der Waals surface area (Å²) in [6, 6.07) is 0. The predicted octanol–water partition coefficient (Wildman–Crippen LogP) is 11.4. The van der Waals surface area contributed by atoms with Crippen molar-refractivity contribution in [3.63, 3.8) is 0 Å². The van der Waals surface area contributed by atoms with Gasteiger partial charge in [-0.25, -0.2) is 4.57 Å². The van der Waals surface area contributed by atoms with E-state index in [4.69, 9.17) is 33.5 Å². The number of nitrogens with two attached hydrogens (primary N) is 1. The Hall–Kier alpha value is -2.08. The number of unbranched alkanes of at least 4 members (excludes halogenated alkanes) is 22. The summed E-state index contributed by atoms with van der Waals surface area (Å²) < 4.78 is 45.0. The van der Waals surface area contributed by atoms with Crippen LogP contribution in [0.4, 0.5) is 0 Å². The Morgan fingerprint density at radius 3 is 1.53 bits per heavy atom. The molecule has 0 saturated heterocycles. The summed E-state index contributed by atoms with van der Waals surface area (Å²) >= 11 is 0. The molecule has 0 aromatic heterocycles. The van der Waals surface area contributed by atoms with Gasteiger partial charge in [-0.3, -0.25) is 28.0 Å². The molecule has 12 nitrogen and oxygen atoms in total. The molecule has 0 aliphatic carbocycles. The Labute approximate surface area is 359 Å². The number of amides is 1. The highest BCUT2D eigenvalue weighted by Crippen LogP contribution is 2.48. The lowest BCUT2D eigenvalue weighted by Crippen LogP contribution is -2.31. The number of esters is 2. The molecule has 59 heavy (non-hydrogen) atoms. The van der Waals surface area contributed by atoms with Gasteiger partial charge in [0.05, 0.1) is 19.8 Å². The summed E-state index contributed by atoms with van der Waals surface area (Å²) in [5.74, 6) is -1.22. The first-order chi connectivity index (χ1) is 28.8. The van der Waals surface area contributed by atoms with Crippen molar-refractivity contribution < 1.29 is 46.7 Å². The first kappa shape index (κ1) is 56.9. The molecule has 3 N–H and O–H groups in total. The maximum absolute atomic E-state index is 13.1. The molecule has 0 aromatic carbocycles. The van der Waals surface area contributed by atoms with E-state index in [9.17, 15) is 18.9 Å². The highest BCUT2D eigenvalue weighted by Gasteiger charge is 2.28. The average Bonchev–Trinajstić information content (AvgIpc) is 3.23. The number of phosphoric ester groups is 1. The molecule has 13 heteroatoms. The van der Waals surface area contributed by atoms with Gasteiger partial charge in [-0.05, 0) is 64.2 Å². The maximum Gasteiger partial charge on any atom is 0.474 e. The third-order valence-electron chi connectivity index (χ3n) is 9.82. The van der Waals surface area contributed by atoms with Gasteiger partial charge in [0.2, 0.25) is 5.91 Å². The molecular formula is C46H87N2O10P. The van der Waals surface area contributed by atoms with Gasteiger partial charge in [0.1, 0.15) is 13.2 Å². The standard InChI is InChI=1S/C46H87N2O10P/c1-4-6-8-10-12-14-16-18-20-22-24-26-28-30-32-34-45(50)55-40-43(41-57-59(52,53-3)56-39-37-48-44(49)42-54-38-36-47)58-46(51)35-33-31-29-27-25-23-21-19-17-15-13-11-9-7-5-2/h18-21,43H,4-17,22-42,47H2,1-3H3,(H,48,49)/b20-18-,21-19-. The van der Waals surface area contributed by atoms with Gasteiger partial charge in [0.25, 0.3) is 0 Å². The summed E-state index contributed by atoms with van der Waals surface area (Å²) in [4.78, 5) is 37.2. The molecule has 1 amide bonds. The number of rotatable bonds is 45. The van der Waals surface area contributed by atoms with Crippen molar-refractivity contribution in [3.05, 3.63) is 24.3 Å². The number of phosphoric acid groups is 1. The number of hydrogen-bond acceptors (Lipinski definition) is 11. The molecule has 346 valence electrons. The summed E-state index contributed by atoms with van der Waals surface area (Å²) in [6.07, 6.45) is 38.9. The van der Waals surface area contributed by atoms with Gasteiger partial charge in [0.15, 0.2) is 6.10 Å². The summed E-state index contributed by atoms with van der Waals surface area (Å²) in [5, 5.41) is 2.57. The van der Waals surface area contributed by atoms with Gasteiger partial charge in [-0.1, -0.05) is 141 Å². The molecule has 0 rings (SSSR count). The first-order valence-electron chi connectivity index (χ1n) is 23.4. The Morgan fingerprint density at radius 1 is 0.593 bits per heavy atom. The van der Waals surface area contributed by atoms with E-state index in [0.29, 0.717) is 19.4 Å². The number of hydrogen-bond donors (Lipinski definition) is 2. The highest BCUT2D eigenvalue weighted by molar-refractivity contribution is 7.48. The molecule has 0 aliphatic heterocycles. The van der Waals surface area contributed by atoms with Crippen molar-refractivity contribution in [1.29, 1.82) is 0 Å². The third-order valence-corrected chi connectivity index (χ3v) is 11.2. The van der Waals surface area contributed by atoms with Crippen molar-refractivity contribution in [3.8, 4) is 0 Å². The third kappa shape index (κ3) is 41.1. The molecule has 2 unspecified atom stereocenters. The molecular weight excluding hydrogens is 771 g/mol. The van der Waals surface area contributed by atoms with Crippen LogP contribution in [-0.2, 0) is 46.7 Å². The van der Waals surface area contributed by atoms with Crippen LogP contribution in [0.1, 0.15) is 194 Å². The Bertz CT molecular complexity index is 1090. The van der Waals surface area contributed by atoms with Crippen LogP contribution in [-0.4, -0.2) is 77.2 Å². The van der Waals surface area contributed by atoms with Crippen LogP contribution in [0.15, 0.2) is 24.3 Å². The van der Waals surface area contributed by atoms with Crippen molar-refractivity contribution in [1.82, 2.24) is 5.32 Å². The van der Waals surface area contributed by atoms with Gasteiger partial charge in [-0.2, -0.15) is 0 Å². The van der Waals surface area contributed by atoms with Crippen molar-refractivity contribution in [2.75, 3.05) is 53.2 Å². The minimum absolute atomic E-state index is 0.0316. The molecule has 0 spiro atoms. The van der Waals surface area contributed by atoms with E-state index in [1.54, 1.807) is 0 Å². The summed E-state index contributed by atoms with van der Waals surface area (Å²) in [6.45, 7) is 4.14. The minimum Gasteiger partial charge on any atom is -0.462 e. The lowest BCUT2D eigenvalue weighted by Gasteiger charge is -2.21. The van der Waals surface area contributed by atoms with Crippen LogP contribution in [0.2, 0.25) is 0 Å². The van der Waals surface area contributed by atoms with E-state index in [-0.39, 0.29) is 58.3 Å². The highest BCUT2D eigenvalue weighted by atomic mass is 31.2. The van der Waals surface area contributed by atoms with Crippen LogP contribution < -0.4 is 11.1 Å². The van der Waals surface area contributed by atoms with Crippen LogP contribution >= 0.6 is 7.82 Å². The van der Waals surface area contributed by atoms with Crippen LogP contribution in [0, 0.1) is 0 Å². The second-order valence-corrected chi connectivity index (χ2v) is 17.2. The fourth-order valence-corrected chi connectivity index (χ4v) is 7.21. The first-order valence-corrected chi connectivity index (χ1v) is 24.9. The number of carbonyl (C=O) groups is 3. The normalized spacial score (nSPS) is 13.2. The Morgan fingerprint density at radius 2 is 1.05 bits per heavy atom. The Kier molecular flexibility index (Phi) is 42.4. The smallest absolute Gasteiger partial charge is 0.462 e. The summed E-state index contributed by atoms with van der Waals surface area (Å²) in [7, 11) is -2.90. The quantitative estimate of drug-likeness (QED) is 0.0259. The molecule has 0 heterocycles. The number of carbonyl (C=O) groups excluding carboxylic acids is 3. The van der Waals surface area contributed by atoms with Gasteiger partial charge in [-0.15, -0.1) is 0 Å². The molecule has 0 radical (unpaired) electrons.